The van der Waals surface area contributed by atoms with Gasteiger partial charge in [-0.05, 0) is 52.4 Å². The quantitative estimate of drug-likeness (QED) is 0.452. The van der Waals surface area contributed by atoms with Gasteiger partial charge < -0.3 is 0 Å². The number of non-ortho nitro benzene ring substituents is 1. The van der Waals surface area contributed by atoms with Gasteiger partial charge in [0.2, 0.25) is 0 Å². The number of hydrogen-bond donors (Lipinski definition) is 2. The van der Waals surface area contributed by atoms with Gasteiger partial charge in [0.1, 0.15) is 0 Å². The van der Waals surface area contributed by atoms with Gasteiger partial charge in [-0.15, -0.1) is 0 Å². The van der Waals surface area contributed by atoms with E-state index in [1.807, 2.05) is 12.1 Å². The summed E-state index contributed by atoms with van der Waals surface area (Å²) >= 11 is 2.08. The molecule has 0 unspecified atom stereocenters. The van der Waals surface area contributed by atoms with Crippen molar-refractivity contribution in [1.82, 2.24) is 10.9 Å². The van der Waals surface area contributed by atoms with Gasteiger partial charge in [-0.1, -0.05) is 18.7 Å². The number of nitrogens with one attached hydrogen (secondary N) is 2. The van der Waals surface area contributed by atoms with E-state index in [2.05, 4.69) is 40.0 Å². The third kappa shape index (κ3) is 3.82. The number of nitro groups is 1. The number of nitrogens with zero attached hydrogens (tertiary/aromatic N) is 1. The number of hydrogen-bond acceptors (Lipinski definition) is 4. The maximum Gasteiger partial charge on any atom is 0.270 e. The highest BCUT2D eigenvalue weighted by Crippen LogP contribution is 2.16. The number of rotatable bonds is 5. The third-order valence-electron chi connectivity index (χ3n) is 2.87. The van der Waals surface area contributed by atoms with Crippen molar-refractivity contribution in [3.63, 3.8) is 0 Å². The maximum absolute atomic E-state index is 12.0. The summed E-state index contributed by atoms with van der Waals surface area (Å²) in [5.74, 6) is -0.284. The molecule has 1 amide bonds. The van der Waals surface area contributed by atoms with Crippen LogP contribution in [0.4, 0.5) is 5.69 Å². The molecule has 0 atom stereocenters. The molecule has 2 aromatic rings. The van der Waals surface area contributed by atoms with Crippen LogP contribution in [0.25, 0.3) is 5.70 Å². The molecule has 0 saturated heterocycles. The number of carbonyl (C=O) groups excluding carboxylic acids is 1. The molecule has 7 heteroatoms. The number of halogens is 1. The average molecular weight is 409 g/mol. The minimum atomic E-state index is -0.473. The monoisotopic (exact) mass is 409 g/mol. The number of nitro benzene ring substituents is 1. The Morgan fingerprint density at radius 2 is 1.73 bits per heavy atom. The Labute approximate surface area is 140 Å². The predicted octanol–water partition coefficient (Wildman–Crippen LogP) is 3.10. The van der Waals surface area contributed by atoms with Gasteiger partial charge in [-0.2, -0.15) is 0 Å². The van der Waals surface area contributed by atoms with Crippen molar-refractivity contribution in [3.8, 4) is 0 Å². The Morgan fingerprint density at radius 3 is 2.32 bits per heavy atom. The molecule has 0 aliphatic carbocycles. The Hall–Kier alpha value is -2.42. The number of benzene rings is 2. The van der Waals surface area contributed by atoms with Crippen LogP contribution in [0, 0.1) is 13.7 Å². The smallest absolute Gasteiger partial charge is 0.270 e. The first-order valence-electron chi connectivity index (χ1n) is 6.23. The molecule has 0 fully saturated rings. The highest BCUT2D eigenvalue weighted by molar-refractivity contribution is 14.1. The summed E-state index contributed by atoms with van der Waals surface area (Å²) < 4.78 is 0.834. The molecule has 0 spiro atoms. The Kier molecular flexibility index (Phi) is 5.10. The van der Waals surface area contributed by atoms with Crippen molar-refractivity contribution in [1.29, 1.82) is 0 Å². The van der Waals surface area contributed by atoms with Gasteiger partial charge in [0, 0.05) is 15.7 Å². The molecule has 22 heavy (non-hydrogen) atoms. The molecule has 0 heterocycles. The predicted molar refractivity (Wildman–Crippen MR) is 91.9 cm³/mol. The van der Waals surface area contributed by atoms with E-state index < -0.39 is 4.92 Å². The molecule has 2 aromatic carbocycles. The van der Waals surface area contributed by atoms with Crippen LogP contribution < -0.4 is 10.9 Å². The van der Waals surface area contributed by atoms with Crippen molar-refractivity contribution < 1.29 is 9.72 Å². The molecule has 0 aliphatic rings. The molecule has 0 aliphatic heterocycles. The number of amides is 1. The van der Waals surface area contributed by atoms with Gasteiger partial charge in [0.05, 0.1) is 16.2 Å². The summed E-state index contributed by atoms with van der Waals surface area (Å²) in [4.78, 5) is 22.2. The molecular weight excluding hydrogens is 397 g/mol. The fourth-order valence-electron chi connectivity index (χ4n) is 1.70. The molecule has 0 bridgehead atoms. The highest BCUT2D eigenvalue weighted by Gasteiger charge is 2.10. The van der Waals surface area contributed by atoms with Crippen LogP contribution >= 0.6 is 22.6 Å². The number of carbonyl (C=O) groups is 1. The normalized spacial score (nSPS) is 9.86. The summed E-state index contributed by atoms with van der Waals surface area (Å²) in [6, 6.07) is 13.1. The zero-order valence-electron chi connectivity index (χ0n) is 11.4. The lowest BCUT2D eigenvalue weighted by atomic mass is 10.1. The van der Waals surface area contributed by atoms with Crippen molar-refractivity contribution in [3.05, 3.63) is 79.9 Å². The molecule has 112 valence electrons. The van der Waals surface area contributed by atoms with Crippen molar-refractivity contribution >= 4 is 39.9 Å². The largest absolute Gasteiger partial charge is 0.298 e. The van der Waals surface area contributed by atoms with Crippen molar-refractivity contribution in [2.24, 2.45) is 0 Å². The first-order chi connectivity index (χ1) is 10.5. The van der Waals surface area contributed by atoms with Crippen LogP contribution in [-0.2, 0) is 0 Å². The van der Waals surface area contributed by atoms with Gasteiger partial charge in [-0.25, -0.2) is 0 Å². The van der Waals surface area contributed by atoms with Crippen molar-refractivity contribution in [2.45, 2.75) is 0 Å². The van der Waals surface area contributed by atoms with Crippen LogP contribution in [0.3, 0.4) is 0 Å². The van der Waals surface area contributed by atoms with Gasteiger partial charge in [-0.3, -0.25) is 25.8 Å². The van der Waals surface area contributed by atoms with E-state index in [-0.39, 0.29) is 11.6 Å². The molecule has 6 nitrogen and oxygen atoms in total. The van der Waals surface area contributed by atoms with Crippen molar-refractivity contribution in [2.75, 3.05) is 0 Å². The Morgan fingerprint density at radius 1 is 1.09 bits per heavy atom. The van der Waals surface area contributed by atoms with Gasteiger partial charge >= 0.3 is 0 Å². The summed E-state index contributed by atoms with van der Waals surface area (Å²) in [7, 11) is 0. The summed E-state index contributed by atoms with van der Waals surface area (Å²) in [5, 5.41) is 10.6. The molecular formula is C15H12IN3O3. The van der Waals surface area contributed by atoms with E-state index >= 15 is 0 Å². The fourth-order valence-corrected chi connectivity index (χ4v) is 2.33. The lowest BCUT2D eigenvalue weighted by Crippen LogP contribution is -2.36. The van der Waals surface area contributed by atoms with E-state index in [0.717, 1.165) is 3.57 Å². The lowest BCUT2D eigenvalue weighted by Gasteiger charge is -2.11. The summed E-state index contributed by atoms with van der Waals surface area (Å²) in [5.41, 5.74) is 6.89. The molecule has 0 radical (unpaired) electrons. The zero-order chi connectivity index (χ0) is 16.1. The van der Waals surface area contributed by atoms with Crippen LogP contribution in [-0.4, -0.2) is 10.8 Å². The van der Waals surface area contributed by atoms with E-state index in [0.29, 0.717) is 16.8 Å². The topological polar surface area (TPSA) is 84.3 Å². The molecule has 0 aromatic heterocycles. The second-order valence-electron chi connectivity index (χ2n) is 4.34. The SMILES string of the molecule is C=C(NNC(=O)c1ccccc1I)c1ccc([N+](=O)[O-])cc1. The maximum atomic E-state index is 12.0. The fraction of sp³-hybridized carbons (Fsp3) is 0. The van der Waals surface area contributed by atoms with Gasteiger partial charge in [0.15, 0.2) is 0 Å². The van der Waals surface area contributed by atoms with Crippen LogP contribution in [0.5, 0.6) is 0 Å². The third-order valence-corrected chi connectivity index (χ3v) is 3.81. The first kappa shape index (κ1) is 16.0. The first-order valence-corrected chi connectivity index (χ1v) is 7.31. The Balaban J connectivity index is 1.99. The minimum absolute atomic E-state index is 0.000533. The second-order valence-corrected chi connectivity index (χ2v) is 5.50. The van der Waals surface area contributed by atoms with Crippen LogP contribution in [0.1, 0.15) is 15.9 Å². The number of hydrazine groups is 1. The second kappa shape index (κ2) is 7.03. The van der Waals surface area contributed by atoms with E-state index in [1.54, 1.807) is 24.3 Å². The zero-order valence-corrected chi connectivity index (χ0v) is 13.5. The molecule has 2 rings (SSSR count). The van der Waals surface area contributed by atoms with E-state index in [1.165, 1.54) is 12.1 Å². The van der Waals surface area contributed by atoms with Crippen LogP contribution in [0.15, 0.2) is 55.1 Å². The van der Waals surface area contributed by atoms with E-state index in [4.69, 9.17) is 0 Å². The Bertz CT molecular complexity index is 729. The summed E-state index contributed by atoms with van der Waals surface area (Å²) in [6.07, 6.45) is 0. The lowest BCUT2D eigenvalue weighted by molar-refractivity contribution is -0.384. The minimum Gasteiger partial charge on any atom is -0.298 e. The average Bonchev–Trinajstić information content (AvgIpc) is 2.52. The van der Waals surface area contributed by atoms with E-state index in [9.17, 15) is 14.9 Å². The summed E-state index contributed by atoms with van der Waals surface area (Å²) in [6.45, 7) is 3.79. The van der Waals surface area contributed by atoms with Gasteiger partial charge in [0.25, 0.3) is 11.6 Å². The molecule has 2 N–H and O–H groups in total. The standard InChI is InChI=1S/C15H12IN3O3/c1-10(11-6-8-12(9-7-11)19(21)22)17-18-15(20)13-4-2-3-5-14(13)16/h2-9,17H,1H2,(H,18,20). The highest BCUT2D eigenvalue weighted by atomic mass is 127. The van der Waals surface area contributed by atoms with Crippen LogP contribution in [0.2, 0.25) is 0 Å². The molecule has 0 saturated carbocycles.